The molecule has 152 valence electrons. The zero-order chi connectivity index (χ0) is 20.4. The summed E-state index contributed by atoms with van der Waals surface area (Å²) in [6.07, 6.45) is 0.505. The molecule has 0 aliphatic rings. The maximum atomic E-state index is 12.0. The first-order chi connectivity index (χ1) is 13.6. The Bertz CT molecular complexity index is 801. The highest BCUT2D eigenvalue weighted by molar-refractivity contribution is 5.97. The highest BCUT2D eigenvalue weighted by Crippen LogP contribution is 2.42. The Hall–Kier alpha value is -2.96. The summed E-state index contributed by atoms with van der Waals surface area (Å²) in [5.41, 5.74) is 0. The van der Waals surface area contributed by atoms with Crippen molar-refractivity contribution in [2.75, 3.05) is 19.8 Å². The number of rotatable bonds is 9. The summed E-state index contributed by atoms with van der Waals surface area (Å²) in [6, 6.07) is 8.60. The van der Waals surface area contributed by atoms with Gasteiger partial charge in [-0.2, -0.15) is 0 Å². The van der Waals surface area contributed by atoms with E-state index in [4.69, 9.17) is 23.7 Å². The standard InChI is InChI=1S/C21H26O7/c1-4-11-24-18-14-17(27-20(22)25-12-5-2)15-9-7-8-10-16(15)19(18)28-21(23)26-13-6-3/h7-10,14H,4-6,11-13H2,1-3H3. The van der Waals surface area contributed by atoms with Gasteiger partial charge in [-0.15, -0.1) is 0 Å². The minimum atomic E-state index is -0.815. The van der Waals surface area contributed by atoms with E-state index in [0.717, 1.165) is 6.42 Å². The van der Waals surface area contributed by atoms with Crippen LogP contribution in [-0.2, 0) is 9.47 Å². The lowest BCUT2D eigenvalue weighted by atomic mass is 10.1. The summed E-state index contributed by atoms with van der Waals surface area (Å²) in [6.45, 7) is 6.66. The minimum absolute atomic E-state index is 0.222. The van der Waals surface area contributed by atoms with Gasteiger partial charge in [0.2, 0.25) is 0 Å². The second-order valence-corrected chi connectivity index (χ2v) is 6.00. The highest BCUT2D eigenvalue weighted by Gasteiger charge is 2.20. The van der Waals surface area contributed by atoms with Gasteiger partial charge in [0.15, 0.2) is 11.5 Å². The van der Waals surface area contributed by atoms with E-state index in [2.05, 4.69) is 0 Å². The third kappa shape index (κ3) is 5.77. The van der Waals surface area contributed by atoms with Crippen molar-refractivity contribution in [1.29, 1.82) is 0 Å². The number of fused-ring (bicyclic) bond motifs is 1. The van der Waals surface area contributed by atoms with Gasteiger partial charge in [0.05, 0.1) is 19.8 Å². The van der Waals surface area contributed by atoms with Crippen LogP contribution in [0.4, 0.5) is 9.59 Å². The van der Waals surface area contributed by atoms with Crippen molar-refractivity contribution in [2.24, 2.45) is 0 Å². The molecule has 0 unspecified atom stereocenters. The molecule has 0 heterocycles. The Labute approximate surface area is 164 Å². The van der Waals surface area contributed by atoms with Crippen LogP contribution in [0.15, 0.2) is 30.3 Å². The van der Waals surface area contributed by atoms with Crippen LogP contribution < -0.4 is 14.2 Å². The van der Waals surface area contributed by atoms with Crippen LogP contribution >= 0.6 is 0 Å². The highest BCUT2D eigenvalue weighted by atomic mass is 16.7. The molecule has 2 aromatic carbocycles. The molecule has 0 amide bonds. The molecule has 0 saturated carbocycles. The zero-order valence-electron chi connectivity index (χ0n) is 16.5. The molecule has 7 heteroatoms. The Kier molecular flexibility index (Phi) is 8.39. The maximum absolute atomic E-state index is 12.0. The molecule has 0 aliphatic carbocycles. The van der Waals surface area contributed by atoms with Gasteiger partial charge in [-0.25, -0.2) is 9.59 Å². The van der Waals surface area contributed by atoms with Crippen LogP contribution in [0.5, 0.6) is 17.2 Å². The van der Waals surface area contributed by atoms with Gasteiger partial charge in [-0.1, -0.05) is 45.0 Å². The zero-order valence-corrected chi connectivity index (χ0v) is 16.5. The average molecular weight is 390 g/mol. The van der Waals surface area contributed by atoms with E-state index < -0.39 is 12.3 Å². The summed E-state index contributed by atoms with van der Waals surface area (Å²) < 4.78 is 26.5. The van der Waals surface area contributed by atoms with E-state index in [9.17, 15) is 9.59 Å². The van der Waals surface area contributed by atoms with E-state index >= 15 is 0 Å². The normalized spacial score (nSPS) is 10.4. The van der Waals surface area contributed by atoms with Crippen molar-refractivity contribution < 1.29 is 33.3 Å². The SMILES string of the molecule is CCCOC(=O)Oc1cc(OCCC)c(OC(=O)OCCC)c2ccccc12. The summed E-state index contributed by atoms with van der Waals surface area (Å²) in [5.74, 6) is 0.767. The van der Waals surface area contributed by atoms with Crippen molar-refractivity contribution in [3.8, 4) is 17.2 Å². The third-order valence-corrected chi connectivity index (χ3v) is 3.61. The van der Waals surface area contributed by atoms with Crippen molar-refractivity contribution in [3.05, 3.63) is 30.3 Å². The molecule has 7 nitrogen and oxygen atoms in total. The molecule has 0 aromatic heterocycles. The van der Waals surface area contributed by atoms with Crippen molar-refractivity contribution in [3.63, 3.8) is 0 Å². The summed E-state index contributed by atoms with van der Waals surface area (Å²) in [5, 5.41) is 1.14. The Morgan fingerprint density at radius 3 is 1.93 bits per heavy atom. The van der Waals surface area contributed by atoms with Gasteiger partial charge in [0, 0.05) is 16.8 Å². The second-order valence-electron chi connectivity index (χ2n) is 6.00. The molecular formula is C21H26O7. The number of carbonyl (C=O) groups excluding carboxylic acids is 2. The molecule has 28 heavy (non-hydrogen) atoms. The first-order valence-corrected chi connectivity index (χ1v) is 9.48. The quantitative estimate of drug-likeness (QED) is 0.414. The lowest BCUT2D eigenvalue weighted by molar-refractivity contribution is 0.0964. The van der Waals surface area contributed by atoms with E-state index in [0.29, 0.717) is 30.2 Å². The Morgan fingerprint density at radius 2 is 1.32 bits per heavy atom. The van der Waals surface area contributed by atoms with Crippen molar-refractivity contribution >= 4 is 23.1 Å². The van der Waals surface area contributed by atoms with E-state index in [1.54, 1.807) is 24.3 Å². The monoisotopic (exact) mass is 390 g/mol. The molecule has 0 N–H and O–H groups in total. The first kappa shape index (κ1) is 21.3. The van der Waals surface area contributed by atoms with Gasteiger partial charge >= 0.3 is 12.3 Å². The minimum Gasteiger partial charge on any atom is -0.490 e. The topological polar surface area (TPSA) is 80.3 Å². The molecule has 2 aromatic rings. The smallest absolute Gasteiger partial charge is 0.490 e. The van der Waals surface area contributed by atoms with E-state index in [-0.39, 0.29) is 30.5 Å². The predicted octanol–water partition coefficient (Wildman–Crippen LogP) is 5.48. The third-order valence-electron chi connectivity index (χ3n) is 3.61. The van der Waals surface area contributed by atoms with Crippen LogP contribution in [0.3, 0.4) is 0 Å². The lowest BCUT2D eigenvalue weighted by Gasteiger charge is -2.16. The summed E-state index contributed by atoms with van der Waals surface area (Å²) in [7, 11) is 0. The molecule has 0 aliphatic heterocycles. The number of benzene rings is 2. The second kappa shape index (κ2) is 11.0. The van der Waals surface area contributed by atoms with Gasteiger partial charge in [-0.05, 0) is 19.3 Å². The van der Waals surface area contributed by atoms with Gasteiger partial charge < -0.3 is 23.7 Å². The Morgan fingerprint density at radius 1 is 0.750 bits per heavy atom. The summed E-state index contributed by atoms with van der Waals surface area (Å²) in [4.78, 5) is 23.9. The molecule has 0 bridgehead atoms. The molecular weight excluding hydrogens is 364 g/mol. The lowest BCUT2D eigenvalue weighted by Crippen LogP contribution is -2.14. The molecule has 0 atom stereocenters. The molecule has 0 spiro atoms. The van der Waals surface area contributed by atoms with Gasteiger partial charge in [0.1, 0.15) is 5.75 Å². The number of hydrogen-bond acceptors (Lipinski definition) is 7. The summed E-state index contributed by atoms with van der Waals surface area (Å²) >= 11 is 0. The fraction of sp³-hybridized carbons (Fsp3) is 0.429. The van der Waals surface area contributed by atoms with E-state index in [1.165, 1.54) is 6.07 Å². The molecule has 2 rings (SSSR count). The number of carbonyl (C=O) groups is 2. The number of hydrogen-bond donors (Lipinski definition) is 0. The first-order valence-electron chi connectivity index (χ1n) is 9.48. The van der Waals surface area contributed by atoms with E-state index in [1.807, 2.05) is 20.8 Å². The molecule has 0 radical (unpaired) electrons. The predicted molar refractivity (Wildman–Crippen MR) is 104 cm³/mol. The van der Waals surface area contributed by atoms with Crippen LogP contribution in [0, 0.1) is 0 Å². The van der Waals surface area contributed by atoms with Gasteiger partial charge in [-0.3, -0.25) is 0 Å². The van der Waals surface area contributed by atoms with Crippen molar-refractivity contribution in [1.82, 2.24) is 0 Å². The van der Waals surface area contributed by atoms with Crippen LogP contribution in [0.2, 0.25) is 0 Å². The average Bonchev–Trinajstić information content (AvgIpc) is 2.71. The molecule has 0 saturated heterocycles. The Balaban J connectivity index is 2.44. The van der Waals surface area contributed by atoms with Crippen molar-refractivity contribution in [2.45, 2.75) is 40.0 Å². The van der Waals surface area contributed by atoms with Gasteiger partial charge in [0.25, 0.3) is 0 Å². The van der Waals surface area contributed by atoms with Crippen LogP contribution in [-0.4, -0.2) is 32.1 Å². The van der Waals surface area contributed by atoms with Crippen LogP contribution in [0.25, 0.3) is 10.8 Å². The number of ether oxygens (including phenoxy) is 5. The molecule has 0 fully saturated rings. The largest absolute Gasteiger partial charge is 0.513 e. The van der Waals surface area contributed by atoms with Crippen LogP contribution in [0.1, 0.15) is 40.0 Å². The fourth-order valence-electron chi connectivity index (χ4n) is 2.40. The fourth-order valence-corrected chi connectivity index (χ4v) is 2.40. The maximum Gasteiger partial charge on any atom is 0.513 e.